The number of nitrogens with two attached hydrogens (primary N) is 1. The zero-order chi connectivity index (χ0) is 13.5. The lowest BCUT2D eigenvalue weighted by molar-refractivity contribution is 0.166. The van der Waals surface area contributed by atoms with Crippen LogP contribution in [0, 0.1) is 6.92 Å². The second-order valence-corrected chi connectivity index (χ2v) is 5.44. The van der Waals surface area contributed by atoms with E-state index in [0.29, 0.717) is 6.54 Å². The van der Waals surface area contributed by atoms with E-state index in [-0.39, 0.29) is 6.04 Å². The lowest BCUT2D eigenvalue weighted by Crippen LogP contribution is -2.31. The summed E-state index contributed by atoms with van der Waals surface area (Å²) >= 11 is 3.58. The zero-order valence-corrected chi connectivity index (χ0v) is 13.0. The minimum absolute atomic E-state index is 0.263. The maximum Gasteiger partial charge on any atom is 0.0474 e. The molecular weight excluding hydrogens is 292 g/mol. The maximum atomic E-state index is 5.91. The van der Waals surface area contributed by atoms with Crippen molar-refractivity contribution in [2.45, 2.75) is 19.4 Å². The van der Waals surface area contributed by atoms with Crippen LogP contribution in [-0.2, 0) is 4.74 Å². The Balaban J connectivity index is 2.72. The van der Waals surface area contributed by atoms with Crippen LogP contribution in [0.15, 0.2) is 22.7 Å². The van der Waals surface area contributed by atoms with E-state index in [0.717, 1.165) is 24.0 Å². The van der Waals surface area contributed by atoms with Gasteiger partial charge in [0.15, 0.2) is 0 Å². The van der Waals surface area contributed by atoms with Gasteiger partial charge in [0.05, 0.1) is 0 Å². The first-order valence-corrected chi connectivity index (χ1v) is 7.04. The Morgan fingerprint density at radius 1 is 1.44 bits per heavy atom. The third-order valence-corrected chi connectivity index (χ3v) is 4.05. The SMILES string of the molecule is COCCCN(C)C(CN)c1ccc(C)c(Br)c1. The number of likely N-dealkylation sites (N-methyl/N-ethyl adjacent to an activating group) is 1. The van der Waals surface area contributed by atoms with Crippen LogP contribution in [0.2, 0.25) is 0 Å². The summed E-state index contributed by atoms with van der Waals surface area (Å²) < 4.78 is 6.22. The van der Waals surface area contributed by atoms with Crippen LogP contribution in [0.4, 0.5) is 0 Å². The molecule has 0 radical (unpaired) electrons. The minimum atomic E-state index is 0.263. The number of nitrogens with zero attached hydrogens (tertiary/aromatic N) is 1. The van der Waals surface area contributed by atoms with Gasteiger partial charge >= 0.3 is 0 Å². The molecule has 18 heavy (non-hydrogen) atoms. The van der Waals surface area contributed by atoms with Crippen LogP contribution in [0.25, 0.3) is 0 Å². The number of methoxy groups -OCH3 is 1. The molecule has 0 amide bonds. The van der Waals surface area contributed by atoms with Crippen molar-refractivity contribution in [3.8, 4) is 0 Å². The second-order valence-electron chi connectivity index (χ2n) is 4.59. The molecule has 0 aliphatic rings. The Bertz CT molecular complexity index is 371. The molecule has 0 spiro atoms. The van der Waals surface area contributed by atoms with E-state index in [1.165, 1.54) is 11.1 Å². The van der Waals surface area contributed by atoms with Gasteiger partial charge in [0.2, 0.25) is 0 Å². The van der Waals surface area contributed by atoms with Gasteiger partial charge in [0, 0.05) is 37.3 Å². The summed E-state index contributed by atoms with van der Waals surface area (Å²) in [7, 11) is 3.85. The summed E-state index contributed by atoms with van der Waals surface area (Å²) in [4.78, 5) is 2.29. The quantitative estimate of drug-likeness (QED) is 0.786. The second kappa shape index (κ2) is 7.89. The van der Waals surface area contributed by atoms with Gasteiger partial charge in [0.1, 0.15) is 0 Å². The summed E-state index contributed by atoms with van der Waals surface area (Å²) in [6.45, 7) is 4.49. The molecule has 0 saturated heterocycles. The van der Waals surface area contributed by atoms with Crippen molar-refractivity contribution < 1.29 is 4.74 Å². The number of ether oxygens (including phenoxy) is 1. The topological polar surface area (TPSA) is 38.5 Å². The van der Waals surface area contributed by atoms with Gasteiger partial charge in [-0.1, -0.05) is 28.1 Å². The first-order valence-electron chi connectivity index (χ1n) is 6.25. The molecule has 102 valence electrons. The van der Waals surface area contributed by atoms with Crippen molar-refractivity contribution >= 4 is 15.9 Å². The van der Waals surface area contributed by atoms with Crippen molar-refractivity contribution in [2.24, 2.45) is 5.73 Å². The monoisotopic (exact) mass is 314 g/mol. The van der Waals surface area contributed by atoms with Gasteiger partial charge in [-0.15, -0.1) is 0 Å². The van der Waals surface area contributed by atoms with Crippen LogP contribution in [0.1, 0.15) is 23.6 Å². The first-order chi connectivity index (χ1) is 8.60. The molecule has 1 aromatic carbocycles. The smallest absolute Gasteiger partial charge is 0.0474 e. The number of halogens is 1. The van der Waals surface area contributed by atoms with E-state index < -0.39 is 0 Å². The zero-order valence-electron chi connectivity index (χ0n) is 11.4. The fourth-order valence-electron chi connectivity index (χ4n) is 2.00. The molecule has 0 aromatic heterocycles. The highest BCUT2D eigenvalue weighted by atomic mass is 79.9. The fraction of sp³-hybridized carbons (Fsp3) is 0.571. The van der Waals surface area contributed by atoms with Crippen LogP contribution >= 0.6 is 15.9 Å². The first kappa shape index (κ1) is 15.6. The predicted molar refractivity (Wildman–Crippen MR) is 79.8 cm³/mol. The van der Waals surface area contributed by atoms with Crippen molar-refractivity contribution in [3.63, 3.8) is 0 Å². The van der Waals surface area contributed by atoms with Crippen LogP contribution in [0.3, 0.4) is 0 Å². The number of benzene rings is 1. The molecule has 0 aliphatic heterocycles. The molecule has 0 bridgehead atoms. The van der Waals surface area contributed by atoms with E-state index in [1.54, 1.807) is 7.11 Å². The summed E-state index contributed by atoms with van der Waals surface area (Å²) in [5, 5.41) is 0. The highest BCUT2D eigenvalue weighted by Gasteiger charge is 2.15. The number of hydrogen-bond acceptors (Lipinski definition) is 3. The van der Waals surface area contributed by atoms with Gasteiger partial charge in [0.25, 0.3) is 0 Å². The van der Waals surface area contributed by atoms with Crippen LogP contribution < -0.4 is 5.73 Å². The Kier molecular flexibility index (Phi) is 6.86. The van der Waals surface area contributed by atoms with E-state index in [2.05, 4.69) is 53.0 Å². The molecule has 0 heterocycles. The van der Waals surface area contributed by atoms with E-state index in [1.807, 2.05) is 0 Å². The van der Waals surface area contributed by atoms with Crippen molar-refractivity contribution in [2.75, 3.05) is 33.9 Å². The lowest BCUT2D eigenvalue weighted by atomic mass is 10.0. The molecule has 3 nitrogen and oxygen atoms in total. The number of aryl methyl sites for hydroxylation is 1. The van der Waals surface area contributed by atoms with Crippen molar-refractivity contribution in [1.82, 2.24) is 4.90 Å². The average Bonchev–Trinajstić information content (AvgIpc) is 2.35. The molecule has 0 saturated carbocycles. The fourth-order valence-corrected chi connectivity index (χ4v) is 2.40. The minimum Gasteiger partial charge on any atom is -0.385 e. The highest BCUT2D eigenvalue weighted by molar-refractivity contribution is 9.10. The molecule has 2 N–H and O–H groups in total. The van der Waals surface area contributed by atoms with Gasteiger partial charge in [-0.3, -0.25) is 4.90 Å². The standard InChI is InChI=1S/C14H23BrN2O/c1-11-5-6-12(9-13(11)15)14(10-16)17(2)7-4-8-18-3/h5-6,9,14H,4,7-8,10,16H2,1-3H3. The van der Waals surface area contributed by atoms with Crippen molar-refractivity contribution in [1.29, 1.82) is 0 Å². The molecule has 4 heteroatoms. The highest BCUT2D eigenvalue weighted by Crippen LogP contribution is 2.24. The molecule has 1 rings (SSSR count). The Hall–Kier alpha value is -0.420. The largest absolute Gasteiger partial charge is 0.385 e. The van der Waals surface area contributed by atoms with Gasteiger partial charge in [-0.05, 0) is 37.6 Å². The number of hydrogen-bond donors (Lipinski definition) is 1. The molecule has 1 unspecified atom stereocenters. The lowest BCUT2D eigenvalue weighted by Gasteiger charge is -2.27. The Morgan fingerprint density at radius 3 is 2.72 bits per heavy atom. The average molecular weight is 315 g/mol. The van der Waals surface area contributed by atoms with Crippen molar-refractivity contribution in [3.05, 3.63) is 33.8 Å². The number of rotatable bonds is 7. The summed E-state index contributed by atoms with van der Waals surface area (Å²) in [5.41, 5.74) is 8.42. The molecule has 0 aliphatic carbocycles. The Morgan fingerprint density at radius 2 is 2.17 bits per heavy atom. The molecule has 0 fully saturated rings. The van der Waals surface area contributed by atoms with E-state index in [9.17, 15) is 0 Å². The maximum absolute atomic E-state index is 5.91. The van der Waals surface area contributed by atoms with Crippen LogP contribution in [-0.4, -0.2) is 38.8 Å². The molecular formula is C14H23BrN2O. The third kappa shape index (κ3) is 4.35. The van der Waals surface area contributed by atoms with E-state index in [4.69, 9.17) is 10.5 Å². The summed E-state index contributed by atoms with van der Waals surface area (Å²) in [5.74, 6) is 0. The molecule has 1 aromatic rings. The predicted octanol–water partition coefficient (Wildman–Crippen LogP) is 2.73. The van der Waals surface area contributed by atoms with E-state index >= 15 is 0 Å². The summed E-state index contributed by atoms with van der Waals surface area (Å²) in [6, 6.07) is 6.72. The third-order valence-electron chi connectivity index (χ3n) is 3.20. The molecule has 1 atom stereocenters. The van der Waals surface area contributed by atoms with Crippen LogP contribution in [0.5, 0.6) is 0 Å². The summed E-state index contributed by atoms with van der Waals surface area (Å²) in [6.07, 6.45) is 1.02. The van der Waals surface area contributed by atoms with Gasteiger partial charge in [-0.25, -0.2) is 0 Å². The normalized spacial score (nSPS) is 13.0. The van der Waals surface area contributed by atoms with Gasteiger partial charge in [-0.2, -0.15) is 0 Å². The van der Waals surface area contributed by atoms with Gasteiger partial charge < -0.3 is 10.5 Å². The Labute approximate surface area is 118 Å².